The molecule has 11 nitrogen and oxygen atoms in total. The topological polar surface area (TPSA) is 133 Å². The summed E-state index contributed by atoms with van der Waals surface area (Å²) in [5.41, 5.74) is 5.89. The second-order valence-electron chi connectivity index (χ2n) is 9.75. The number of amides is 5. The van der Waals surface area contributed by atoms with Gasteiger partial charge in [0.2, 0.25) is 11.8 Å². The number of nitrogens with zero attached hydrogens (tertiary/aromatic N) is 3. The Hall–Kier alpha value is -4.64. The molecule has 1 atom stereocenters. The van der Waals surface area contributed by atoms with Gasteiger partial charge in [-0.2, -0.15) is 0 Å². The van der Waals surface area contributed by atoms with Crippen LogP contribution in [0.5, 0.6) is 5.75 Å². The summed E-state index contributed by atoms with van der Waals surface area (Å²) < 4.78 is 8.04. The molecule has 0 fully saturated rings. The first kappa shape index (κ1) is 28.4. The molecule has 0 bridgehead atoms. The van der Waals surface area contributed by atoms with Gasteiger partial charge in [0.05, 0.1) is 13.1 Å². The third-order valence-corrected chi connectivity index (χ3v) is 7.06. The SMILES string of the molecule is C=CC(=O)NCCOc1ccc2c(c1)c1c(n2Cc2ccc(C(=O)NO)cc2)CN(C(=O)N(C)C(C)=O)CC1C. The highest BCUT2D eigenvalue weighted by molar-refractivity contribution is 5.94. The Morgan fingerprint density at radius 2 is 1.90 bits per heavy atom. The molecule has 11 heteroatoms. The number of benzene rings is 2. The minimum atomic E-state index is -0.593. The maximum atomic E-state index is 13.1. The van der Waals surface area contributed by atoms with Crippen LogP contribution in [0.25, 0.3) is 10.9 Å². The minimum Gasteiger partial charge on any atom is -0.492 e. The van der Waals surface area contributed by atoms with E-state index in [1.165, 1.54) is 20.0 Å². The van der Waals surface area contributed by atoms with E-state index >= 15 is 0 Å². The summed E-state index contributed by atoms with van der Waals surface area (Å²) in [4.78, 5) is 50.9. The third kappa shape index (κ3) is 5.84. The van der Waals surface area contributed by atoms with Gasteiger partial charge in [0.15, 0.2) is 0 Å². The summed E-state index contributed by atoms with van der Waals surface area (Å²) in [5, 5.41) is 12.6. The van der Waals surface area contributed by atoms with Crippen molar-refractivity contribution in [3.8, 4) is 5.75 Å². The van der Waals surface area contributed by atoms with Crippen LogP contribution >= 0.6 is 0 Å². The van der Waals surface area contributed by atoms with Crippen molar-refractivity contribution in [1.29, 1.82) is 0 Å². The number of ether oxygens (including phenoxy) is 1. The van der Waals surface area contributed by atoms with Crippen molar-refractivity contribution >= 4 is 34.7 Å². The molecule has 0 radical (unpaired) electrons. The molecule has 2 heterocycles. The van der Waals surface area contributed by atoms with Gasteiger partial charge in [-0.15, -0.1) is 0 Å². The van der Waals surface area contributed by atoms with E-state index in [4.69, 9.17) is 9.94 Å². The molecule has 1 aliphatic heterocycles. The standard InChI is InChI=1S/C29H33N5O6/c1-5-26(36)30-12-13-40-22-10-11-24-23(14-22)27-18(2)15-33(29(38)32(4)19(3)35)17-25(27)34(24)16-20-6-8-21(9-7-20)28(37)31-39/h5-11,14,18,39H,1,12-13,15-17H2,2-4H3,(H,30,36)(H,31,37). The van der Waals surface area contributed by atoms with Crippen LogP contribution in [-0.4, -0.2) is 70.1 Å². The molecule has 0 aliphatic carbocycles. The normalized spacial score (nSPS) is 14.3. The quantitative estimate of drug-likeness (QED) is 0.172. The van der Waals surface area contributed by atoms with Crippen molar-refractivity contribution in [3.63, 3.8) is 0 Å². The largest absolute Gasteiger partial charge is 0.492 e. The molecule has 3 N–H and O–H groups in total. The van der Waals surface area contributed by atoms with E-state index in [0.29, 0.717) is 37.5 Å². The van der Waals surface area contributed by atoms with Crippen LogP contribution in [0.15, 0.2) is 55.1 Å². The fourth-order valence-electron chi connectivity index (χ4n) is 4.99. The molecule has 2 aromatic carbocycles. The Morgan fingerprint density at radius 1 is 1.18 bits per heavy atom. The van der Waals surface area contributed by atoms with Gasteiger partial charge >= 0.3 is 6.03 Å². The van der Waals surface area contributed by atoms with Crippen molar-refractivity contribution in [3.05, 3.63) is 77.5 Å². The first-order valence-electron chi connectivity index (χ1n) is 12.9. The predicted octanol–water partition coefficient (Wildman–Crippen LogP) is 3.01. The zero-order chi connectivity index (χ0) is 29.0. The number of imide groups is 1. The molecule has 1 aromatic heterocycles. The molecule has 0 saturated carbocycles. The van der Waals surface area contributed by atoms with Crippen LogP contribution in [0.2, 0.25) is 0 Å². The van der Waals surface area contributed by atoms with Crippen LogP contribution in [-0.2, 0) is 22.7 Å². The number of fused-ring (bicyclic) bond motifs is 3. The first-order valence-corrected chi connectivity index (χ1v) is 12.9. The van der Waals surface area contributed by atoms with E-state index in [1.54, 1.807) is 22.5 Å². The number of aromatic nitrogens is 1. The fraction of sp³-hybridized carbons (Fsp3) is 0.310. The lowest BCUT2D eigenvalue weighted by molar-refractivity contribution is -0.125. The number of carbonyl (C=O) groups is 4. The van der Waals surface area contributed by atoms with Gasteiger partial charge < -0.3 is 19.5 Å². The smallest absolute Gasteiger partial charge is 0.326 e. The Kier molecular flexibility index (Phi) is 8.54. The van der Waals surface area contributed by atoms with E-state index in [1.807, 2.05) is 30.3 Å². The summed E-state index contributed by atoms with van der Waals surface area (Å²) in [5.74, 6) is -0.554. The van der Waals surface area contributed by atoms with Crippen LogP contribution in [0.1, 0.15) is 46.9 Å². The second-order valence-corrected chi connectivity index (χ2v) is 9.75. The number of hydrogen-bond acceptors (Lipinski definition) is 6. The lowest BCUT2D eigenvalue weighted by atomic mass is 9.93. The van der Waals surface area contributed by atoms with Crippen molar-refractivity contribution in [2.75, 3.05) is 26.7 Å². The van der Waals surface area contributed by atoms with E-state index in [-0.39, 0.29) is 30.4 Å². The second kappa shape index (κ2) is 12.0. The molecule has 0 saturated heterocycles. The summed E-state index contributed by atoms with van der Waals surface area (Å²) in [6.07, 6.45) is 1.21. The van der Waals surface area contributed by atoms with E-state index < -0.39 is 5.91 Å². The maximum Gasteiger partial charge on any atom is 0.326 e. The van der Waals surface area contributed by atoms with Crippen LogP contribution in [0, 0.1) is 0 Å². The van der Waals surface area contributed by atoms with Gasteiger partial charge in [-0.1, -0.05) is 25.6 Å². The van der Waals surface area contributed by atoms with Gasteiger partial charge in [0.25, 0.3) is 5.91 Å². The van der Waals surface area contributed by atoms with E-state index in [0.717, 1.165) is 32.6 Å². The zero-order valence-corrected chi connectivity index (χ0v) is 22.8. The van der Waals surface area contributed by atoms with Crippen molar-refractivity contribution in [2.24, 2.45) is 0 Å². The molecule has 40 heavy (non-hydrogen) atoms. The Bertz CT molecular complexity index is 1460. The van der Waals surface area contributed by atoms with Crippen molar-refractivity contribution in [2.45, 2.75) is 32.9 Å². The maximum absolute atomic E-state index is 13.1. The van der Waals surface area contributed by atoms with Crippen LogP contribution in [0.3, 0.4) is 0 Å². The number of rotatable bonds is 8. The average Bonchev–Trinajstić information content (AvgIpc) is 3.27. The average molecular weight is 548 g/mol. The predicted molar refractivity (Wildman–Crippen MR) is 148 cm³/mol. The molecular formula is C29H33N5O6. The highest BCUT2D eigenvalue weighted by Crippen LogP contribution is 2.39. The van der Waals surface area contributed by atoms with Gasteiger partial charge in [0.1, 0.15) is 12.4 Å². The lowest BCUT2D eigenvalue weighted by Crippen LogP contribution is -2.46. The molecule has 1 aliphatic rings. The molecule has 3 aromatic rings. The Balaban J connectivity index is 1.71. The Labute approximate surface area is 231 Å². The monoisotopic (exact) mass is 547 g/mol. The first-order chi connectivity index (χ1) is 19.1. The van der Waals surface area contributed by atoms with Gasteiger partial charge in [0, 0.05) is 55.1 Å². The van der Waals surface area contributed by atoms with Crippen LogP contribution in [0.4, 0.5) is 4.79 Å². The van der Waals surface area contributed by atoms with Crippen molar-refractivity contribution in [1.82, 2.24) is 25.2 Å². The highest BCUT2D eigenvalue weighted by Gasteiger charge is 2.33. The molecule has 1 unspecified atom stereocenters. The van der Waals surface area contributed by atoms with Crippen LogP contribution < -0.4 is 15.5 Å². The molecule has 5 amide bonds. The number of hydrogen-bond donors (Lipinski definition) is 3. The number of nitrogens with one attached hydrogen (secondary N) is 2. The number of hydroxylamine groups is 1. The fourth-order valence-corrected chi connectivity index (χ4v) is 4.99. The Morgan fingerprint density at radius 3 is 2.55 bits per heavy atom. The lowest BCUT2D eigenvalue weighted by Gasteiger charge is -2.34. The summed E-state index contributed by atoms with van der Waals surface area (Å²) in [6, 6.07) is 12.4. The highest BCUT2D eigenvalue weighted by atomic mass is 16.5. The zero-order valence-electron chi connectivity index (χ0n) is 22.8. The van der Waals surface area contributed by atoms with Gasteiger partial charge in [-0.25, -0.2) is 10.3 Å². The molecular weight excluding hydrogens is 514 g/mol. The third-order valence-electron chi connectivity index (χ3n) is 7.06. The van der Waals surface area contributed by atoms with E-state index in [2.05, 4.69) is 23.4 Å². The molecule has 0 spiro atoms. The summed E-state index contributed by atoms with van der Waals surface area (Å²) in [6.45, 7) is 8.71. The number of urea groups is 1. The summed E-state index contributed by atoms with van der Waals surface area (Å²) in [7, 11) is 1.48. The number of carbonyl (C=O) groups excluding carboxylic acids is 4. The van der Waals surface area contributed by atoms with Crippen molar-refractivity contribution < 1.29 is 29.1 Å². The molecule has 4 rings (SSSR count). The summed E-state index contributed by atoms with van der Waals surface area (Å²) >= 11 is 0. The van der Waals surface area contributed by atoms with Gasteiger partial charge in [-0.05, 0) is 47.5 Å². The van der Waals surface area contributed by atoms with Gasteiger partial charge in [-0.3, -0.25) is 24.5 Å². The van der Waals surface area contributed by atoms with E-state index in [9.17, 15) is 19.2 Å². The molecule has 210 valence electrons. The minimum absolute atomic E-state index is 0.0189.